The molecular weight excluding hydrogens is 326 g/mol. The number of carboxylic acids is 1. The highest BCUT2D eigenvalue weighted by atomic mass is 32.1. The Kier molecular flexibility index (Phi) is 3.37. The van der Waals surface area contributed by atoms with Gasteiger partial charge in [0, 0.05) is 22.0 Å². The quantitative estimate of drug-likeness (QED) is 0.773. The Hall–Kier alpha value is -2.69. The largest absolute Gasteiger partial charge is 0.476 e. The molecule has 0 bridgehead atoms. The summed E-state index contributed by atoms with van der Waals surface area (Å²) in [5.41, 5.74) is 3.29. The molecule has 0 amide bonds. The molecule has 0 saturated carbocycles. The van der Waals surface area contributed by atoms with Crippen molar-refractivity contribution in [2.75, 3.05) is 6.61 Å². The molecule has 6 nitrogen and oxygen atoms in total. The minimum Gasteiger partial charge on any atom is -0.476 e. The van der Waals surface area contributed by atoms with Crippen molar-refractivity contribution < 1.29 is 14.6 Å². The highest BCUT2D eigenvalue weighted by Gasteiger charge is 2.22. The Labute approximate surface area is 141 Å². The topological polar surface area (TPSA) is 88.1 Å². The molecule has 1 aliphatic rings. The van der Waals surface area contributed by atoms with Crippen LogP contribution in [0.4, 0.5) is 0 Å². The standard InChI is InChI=1S/C17H13N3O3S/c1-9-6-23-7-13-4-10-2-11(3-12(5-18)15(10)20(9)13)16-19-14(8-24-16)17(21)22/h2-4,8-9H,6-7H2,1H3,(H,21,22). The zero-order valence-electron chi connectivity index (χ0n) is 12.8. The van der Waals surface area contributed by atoms with E-state index in [1.807, 2.05) is 12.1 Å². The van der Waals surface area contributed by atoms with Crippen LogP contribution >= 0.6 is 11.3 Å². The Morgan fingerprint density at radius 3 is 3.04 bits per heavy atom. The van der Waals surface area contributed by atoms with Crippen molar-refractivity contribution in [3.8, 4) is 16.6 Å². The summed E-state index contributed by atoms with van der Waals surface area (Å²) in [5, 5.41) is 21.7. The van der Waals surface area contributed by atoms with E-state index >= 15 is 0 Å². The second-order valence-corrected chi connectivity index (χ2v) is 6.64. The Balaban J connectivity index is 1.93. The Bertz CT molecular complexity index is 1010. The van der Waals surface area contributed by atoms with Crippen LogP contribution in [0.15, 0.2) is 23.6 Å². The van der Waals surface area contributed by atoms with Gasteiger partial charge < -0.3 is 14.4 Å². The number of carboxylic acid groups (broad SMARTS) is 1. The van der Waals surface area contributed by atoms with Crippen LogP contribution in [0.25, 0.3) is 21.5 Å². The normalized spacial score (nSPS) is 16.8. The average molecular weight is 339 g/mol. The van der Waals surface area contributed by atoms with Gasteiger partial charge in [0.15, 0.2) is 5.69 Å². The Morgan fingerprint density at radius 1 is 1.50 bits per heavy atom. The van der Waals surface area contributed by atoms with Gasteiger partial charge in [0.05, 0.1) is 30.3 Å². The lowest BCUT2D eigenvalue weighted by atomic mass is 10.1. The summed E-state index contributed by atoms with van der Waals surface area (Å²) in [6, 6.07) is 8.20. The lowest BCUT2D eigenvalue weighted by Gasteiger charge is -2.24. The minimum atomic E-state index is -1.05. The number of fused-ring (bicyclic) bond motifs is 3. The number of benzene rings is 1. The van der Waals surface area contributed by atoms with Crippen molar-refractivity contribution >= 4 is 28.2 Å². The molecule has 1 aliphatic heterocycles. The number of ether oxygens (including phenoxy) is 1. The summed E-state index contributed by atoms with van der Waals surface area (Å²) >= 11 is 1.26. The zero-order chi connectivity index (χ0) is 16.8. The fraction of sp³-hybridized carbons (Fsp3) is 0.235. The minimum absolute atomic E-state index is 0.0202. The van der Waals surface area contributed by atoms with Gasteiger partial charge in [-0.2, -0.15) is 5.26 Å². The molecule has 7 heteroatoms. The SMILES string of the molecule is CC1COCc2cc3cc(-c4nc(C(=O)O)cs4)cc(C#N)c3n21. The number of thiazole rings is 1. The first-order valence-corrected chi connectivity index (χ1v) is 8.31. The molecule has 0 spiro atoms. The summed E-state index contributed by atoms with van der Waals surface area (Å²) in [5.74, 6) is -1.05. The predicted molar refractivity (Wildman–Crippen MR) is 89.1 cm³/mol. The van der Waals surface area contributed by atoms with Crippen LogP contribution in [0.1, 0.15) is 34.7 Å². The number of rotatable bonds is 2. The molecule has 1 N–H and O–H groups in total. The summed E-state index contributed by atoms with van der Waals surface area (Å²) < 4.78 is 7.73. The van der Waals surface area contributed by atoms with Crippen LogP contribution in [0.5, 0.6) is 0 Å². The van der Waals surface area contributed by atoms with Gasteiger partial charge in [-0.15, -0.1) is 11.3 Å². The number of aromatic carboxylic acids is 1. The molecule has 2 aromatic heterocycles. The van der Waals surface area contributed by atoms with Gasteiger partial charge in [0.1, 0.15) is 11.1 Å². The molecular formula is C17H13N3O3S. The van der Waals surface area contributed by atoms with E-state index in [2.05, 4.69) is 22.5 Å². The third kappa shape index (κ3) is 2.19. The van der Waals surface area contributed by atoms with E-state index in [0.29, 0.717) is 23.8 Å². The van der Waals surface area contributed by atoms with Crippen molar-refractivity contribution in [1.82, 2.24) is 9.55 Å². The van der Waals surface area contributed by atoms with E-state index in [4.69, 9.17) is 9.84 Å². The second kappa shape index (κ2) is 5.44. The van der Waals surface area contributed by atoms with Crippen molar-refractivity contribution in [3.05, 3.63) is 40.5 Å². The van der Waals surface area contributed by atoms with E-state index in [1.165, 1.54) is 16.7 Å². The van der Waals surface area contributed by atoms with Gasteiger partial charge in [-0.3, -0.25) is 0 Å². The molecule has 0 radical (unpaired) electrons. The molecule has 120 valence electrons. The molecule has 0 saturated heterocycles. The number of hydrogen-bond donors (Lipinski definition) is 1. The van der Waals surface area contributed by atoms with E-state index in [1.54, 1.807) is 6.07 Å². The molecule has 4 rings (SSSR count). The molecule has 3 heterocycles. The molecule has 3 aromatic rings. The van der Waals surface area contributed by atoms with Crippen LogP contribution < -0.4 is 0 Å². The average Bonchev–Trinajstić information content (AvgIpc) is 3.19. The summed E-state index contributed by atoms with van der Waals surface area (Å²) in [6.45, 7) is 3.22. The number of nitrogens with zero attached hydrogens (tertiary/aromatic N) is 3. The van der Waals surface area contributed by atoms with Crippen molar-refractivity contribution in [1.29, 1.82) is 5.26 Å². The number of hydrogen-bond acceptors (Lipinski definition) is 5. The molecule has 24 heavy (non-hydrogen) atoms. The first-order chi connectivity index (χ1) is 11.6. The van der Waals surface area contributed by atoms with Gasteiger partial charge in [0.2, 0.25) is 0 Å². The lowest BCUT2D eigenvalue weighted by molar-refractivity contribution is 0.0654. The lowest BCUT2D eigenvalue weighted by Crippen LogP contribution is -2.20. The molecule has 1 atom stereocenters. The van der Waals surface area contributed by atoms with Gasteiger partial charge in [0.25, 0.3) is 0 Å². The smallest absolute Gasteiger partial charge is 0.355 e. The van der Waals surface area contributed by atoms with E-state index in [-0.39, 0.29) is 11.7 Å². The zero-order valence-corrected chi connectivity index (χ0v) is 13.6. The number of carbonyl (C=O) groups is 1. The highest BCUT2D eigenvalue weighted by molar-refractivity contribution is 7.13. The van der Waals surface area contributed by atoms with E-state index in [0.717, 1.165) is 22.2 Å². The van der Waals surface area contributed by atoms with Crippen molar-refractivity contribution in [2.45, 2.75) is 19.6 Å². The number of nitriles is 1. The van der Waals surface area contributed by atoms with Crippen LogP contribution in [-0.4, -0.2) is 27.2 Å². The van der Waals surface area contributed by atoms with Gasteiger partial charge in [-0.05, 0) is 25.1 Å². The van der Waals surface area contributed by atoms with E-state index in [9.17, 15) is 10.1 Å². The van der Waals surface area contributed by atoms with Crippen LogP contribution in [0.3, 0.4) is 0 Å². The maximum absolute atomic E-state index is 11.0. The van der Waals surface area contributed by atoms with Gasteiger partial charge in [-0.25, -0.2) is 9.78 Å². The molecule has 0 aliphatic carbocycles. The van der Waals surface area contributed by atoms with Gasteiger partial charge >= 0.3 is 5.97 Å². The monoisotopic (exact) mass is 339 g/mol. The van der Waals surface area contributed by atoms with Crippen LogP contribution in [0, 0.1) is 11.3 Å². The Morgan fingerprint density at radius 2 is 2.33 bits per heavy atom. The van der Waals surface area contributed by atoms with Crippen LogP contribution in [0.2, 0.25) is 0 Å². The molecule has 1 aromatic carbocycles. The first kappa shape index (κ1) is 14.9. The number of aromatic nitrogens is 2. The maximum Gasteiger partial charge on any atom is 0.355 e. The summed E-state index contributed by atoms with van der Waals surface area (Å²) in [6.07, 6.45) is 0. The van der Waals surface area contributed by atoms with E-state index < -0.39 is 5.97 Å². The first-order valence-electron chi connectivity index (χ1n) is 7.43. The van der Waals surface area contributed by atoms with Crippen molar-refractivity contribution in [2.24, 2.45) is 0 Å². The third-order valence-corrected chi connectivity index (χ3v) is 5.04. The molecule has 0 fully saturated rings. The maximum atomic E-state index is 11.0. The van der Waals surface area contributed by atoms with Gasteiger partial charge in [-0.1, -0.05) is 0 Å². The summed E-state index contributed by atoms with van der Waals surface area (Å²) in [4.78, 5) is 15.2. The fourth-order valence-electron chi connectivity index (χ4n) is 3.16. The molecule has 1 unspecified atom stereocenters. The van der Waals surface area contributed by atoms with Crippen LogP contribution in [-0.2, 0) is 11.3 Å². The highest BCUT2D eigenvalue weighted by Crippen LogP contribution is 2.35. The fourth-order valence-corrected chi connectivity index (χ4v) is 3.95. The second-order valence-electron chi connectivity index (χ2n) is 5.79. The summed E-state index contributed by atoms with van der Waals surface area (Å²) in [7, 11) is 0. The predicted octanol–water partition coefficient (Wildman–Crippen LogP) is 3.43. The third-order valence-electron chi connectivity index (χ3n) is 4.15. The van der Waals surface area contributed by atoms with Crippen molar-refractivity contribution in [3.63, 3.8) is 0 Å².